The summed E-state index contributed by atoms with van der Waals surface area (Å²) < 4.78 is 10.5. The van der Waals surface area contributed by atoms with E-state index in [9.17, 15) is 4.79 Å². The normalized spacial score (nSPS) is 10.1. The Morgan fingerprint density at radius 3 is 2.45 bits per heavy atom. The molecule has 0 saturated carbocycles. The van der Waals surface area contributed by atoms with Gasteiger partial charge in [-0.2, -0.15) is 0 Å². The second-order valence-electron chi connectivity index (χ2n) is 4.45. The van der Waals surface area contributed by atoms with Gasteiger partial charge in [0.2, 0.25) is 5.91 Å². The number of hydrogen-bond acceptors (Lipinski definition) is 3. The fourth-order valence-corrected chi connectivity index (χ4v) is 2.08. The zero-order valence-corrected chi connectivity index (χ0v) is 13.4. The van der Waals surface area contributed by atoms with Crippen LogP contribution in [0.1, 0.15) is 6.42 Å². The molecule has 0 aromatic heterocycles. The number of methoxy groups -OCH3 is 1. The highest BCUT2D eigenvalue weighted by molar-refractivity contribution is 6.35. The van der Waals surface area contributed by atoms with Crippen LogP contribution in [0.4, 0.5) is 5.69 Å². The number of carbonyl (C=O) groups excluding carboxylic acids is 1. The van der Waals surface area contributed by atoms with E-state index in [1.807, 2.05) is 0 Å². The van der Waals surface area contributed by atoms with Gasteiger partial charge in [-0.3, -0.25) is 4.79 Å². The maximum atomic E-state index is 11.9. The van der Waals surface area contributed by atoms with Gasteiger partial charge >= 0.3 is 0 Å². The summed E-state index contributed by atoms with van der Waals surface area (Å²) in [6.45, 7) is 0.260. The third-order valence-electron chi connectivity index (χ3n) is 2.86. The Kier molecular flexibility index (Phi) is 5.92. The molecule has 0 spiro atoms. The van der Waals surface area contributed by atoms with E-state index >= 15 is 0 Å². The molecular formula is C16H15Cl2NO3. The molecule has 22 heavy (non-hydrogen) atoms. The minimum absolute atomic E-state index is 0.197. The second-order valence-corrected chi connectivity index (χ2v) is 5.29. The van der Waals surface area contributed by atoms with E-state index in [0.717, 1.165) is 5.75 Å². The molecule has 0 aliphatic heterocycles. The van der Waals surface area contributed by atoms with Crippen LogP contribution >= 0.6 is 23.2 Å². The molecule has 2 rings (SSSR count). The number of nitrogens with one attached hydrogen (secondary N) is 1. The number of halogens is 2. The summed E-state index contributed by atoms with van der Waals surface area (Å²) in [5, 5.41) is 3.65. The topological polar surface area (TPSA) is 47.6 Å². The average Bonchev–Trinajstić information content (AvgIpc) is 2.51. The minimum Gasteiger partial charge on any atom is -0.497 e. The summed E-state index contributed by atoms with van der Waals surface area (Å²) in [4.78, 5) is 11.9. The van der Waals surface area contributed by atoms with Crippen LogP contribution in [0.3, 0.4) is 0 Å². The van der Waals surface area contributed by atoms with Crippen LogP contribution in [0.25, 0.3) is 0 Å². The van der Waals surface area contributed by atoms with Crippen molar-refractivity contribution in [2.45, 2.75) is 6.42 Å². The van der Waals surface area contributed by atoms with Crippen molar-refractivity contribution in [3.63, 3.8) is 0 Å². The predicted octanol–water partition coefficient (Wildman–Crippen LogP) is 4.41. The fourth-order valence-electron chi connectivity index (χ4n) is 1.74. The first-order valence-corrected chi connectivity index (χ1v) is 7.36. The molecule has 6 heteroatoms. The van der Waals surface area contributed by atoms with Crippen LogP contribution in [0.5, 0.6) is 11.5 Å². The molecule has 0 aliphatic rings. The molecule has 4 nitrogen and oxygen atoms in total. The van der Waals surface area contributed by atoms with Crippen LogP contribution in [0.2, 0.25) is 10.0 Å². The lowest BCUT2D eigenvalue weighted by molar-refractivity contribution is -0.116. The van der Waals surface area contributed by atoms with Gasteiger partial charge in [-0.25, -0.2) is 0 Å². The lowest BCUT2D eigenvalue weighted by Crippen LogP contribution is -2.15. The molecule has 0 aliphatic carbocycles. The van der Waals surface area contributed by atoms with E-state index in [-0.39, 0.29) is 18.9 Å². The minimum atomic E-state index is -0.197. The maximum absolute atomic E-state index is 11.9. The van der Waals surface area contributed by atoms with Gasteiger partial charge in [0.25, 0.3) is 0 Å². The summed E-state index contributed by atoms with van der Waals surface area (Å²) in [5.74, 6) is 1.23. The summed E-state index contributed by atoms with van der Waals surface area (Å²) in [7, 11) is 1.60. The van der Waals surface area contributed by atoms with Crippen LogP contribution in [-0.2, 0) is 4.79 Å². The highest BCUT2D eigenvalue weighted by atomic mass is 35.5. The van der Waals surface area contributed by atoms with Gasteiger partial charge < -0.3 is 14.8 Å². The number of benzene rings is 2. The molecule has 0 radical (unpaired) electrons. The smallest absolute Gasteiger partial charge is 0.227 e. The summed E-state index contributed by atoms with van der Waals surface area (Å²) in [5.41, 5.74) is 0.489. The van der Waals surface area contributed by atoms with E-state index in [2.05, 4.69) is 5.32 Å². The Morgan fingerprint density at radius 1 is 1.09 bits per heavy atom. The van der Waals surface area contributed by atoms with Crippen molar-refractivity contribution in [3.05, 3.63) is 52.5 Å². The van der Waals surface area contributed by atoms with Crippen molar-refractivity contribution >= 4 is 34.8 Å². The number of anilines is 1. The average molecular weight is 340 g/mol. The summed E-state index contributed by atoms with van der Waals surface area (Å²) >= 11 is 11.8. The first kappa shape index (κ1) is 16.5. The third kappa shape index (κ3) is 4.83. The van der Waals surface area contributed by atoms with Gasteiger partial charge in [0.15, 0.2) is 0 Å². The molecule has 0 fully saturated rings. The number of amides is 1. The predicted molar refractivity (Wildman–Crippen MR) is 88.2 cm³/mol. The molecule has 0 heterocycles. The number of rotatable bonds is 6. The number of ether oxygens (including phenoxy) is 2. The molecular weight excluding hydrogens is 325 g/mol. The summed E-state index contributed by atoms with van der Waals surface area (Å²) in [6, 6.07) is 12.0. The molecule has 0 atom stereocenters. The van der Waals surface area contributed by atoms with E-state index in [0.29, 0.717) is 21.5 Å². The Morgan fingerprint density at radius 2 is 1.77 bits per heavy atom. The van der Waals surface area contributed by atoms with Crippen molar-refractivity contribution in [2.24, 2.45) is 0 Å². The SMILES string of the molecule is COc1ccc(OCCC(=O)Nc2cc(Cl)ccc2Cl)cc1. The van der Waals surface area contributed by atoms with Crippen molar-refractivity contribution in [3.8, 4) is 11.5 Å². The molecule has 1 amide bonds. The molecule has 2 aromatic rings. The van der Waals surface area contributed by atoms with Gasteiger partial charge in [-0.1, -0.05) is 23.2 Å². The van der Waals surface area contributed by atoms with Gasteiger partial charge in [0.05, 0.1) is 30.8 Å². The van der Waals surface area contributed by atoms with Gasteiger partial charge in [-0.15, -0.1) is 0 Å². The van der Waals surface area contributed by atoms with E-state index < -0.39 is 0 Å². The third-order valence-corrected chi connectivity index (χ3v) is 3.42. The quantitative estimate of drug-likeness (QED) is 0.847. The van der Waals surface area contributed by atoms with Gasteiger partial charge in [-0.05, 0) is 42.5 Å². The Hall–Kier alpha value is -1.91. The first-order chi connectivity index (χ1) is 10.6. The molecule has 2 aromatic carbocycles. The van der Waals surface area contributed by atoms with Crippen LogP contribution < -0.4 is 14.8 Å². The highest BCUT2D eigenvalue weighted by Crippen LogP contribution is 2.25. The Balaban J connectivity index is 1.81. The van der Waals surface area contributed by atoms with Gasteiger partial charge in [0.1, 0.15) is 11.5 Å². The lowest BCUT2D eigenvalue weighted by Gasteiger charge is -2.09. The lowest BCUT2D eigenvalue weighted by atomic mass is 10.3. The largest absolute Gasteiger partial charge is 0.497 e. The first-order valence-electron chi connectivity index (χ1n) is 6.60. The zero-order chi connectivity index (χ0) is 15.9. The molecule has 0 saturated heterocycles. The maximum Gasteiger partial charge on any atom is 0.227 e. The zero-order valence-electron chi connectivity index (χ0n) is 11.9. The van der Waals surface area contributed by atoms with Crippen molar-refractivity contribution in [1.29, 1.82) is 0 Å². The fraction of sp³-hybridized carbons (Fsp3) is 0.188. The standard InChI is InChI=1S/C16H15Cl2NO3/c1-21-12-3-5-13(6-4-12)22-9-8-16(20)19-15-10-11(17)2-7-14(15)18/h2-7,10H,8-9H2,1H3,(H,19,20). The van der Waals surface area contributed by atoms with Crippen molar-refractivity contribution in [2.75, 3.05) is 19.0 Å². The second kappa shape index (κ2) is 7.92. The molecule has 1 N–H and O–H groups in total. The number of hydrogen-bond donors (Lipinski definition) is 1. The molecule has 0 bridgehead atoms. The van der Waals surface area contributed by atoms with Gasteiger partial charge in [0, 0.05) is 5.02 Å². The van der Waals surface area contributed by atoms with Crippen LogP contribution in [0.15, 0.2) is 42.5 Å². The number of carbonyl (C=O) groups is 1. The monoisotopic (exact) mass is 339 g/mol. The Bertz CT molecular complexity index is 644. The van der Waals surface area contributed by atoms with E-state index in [1.165, 1.54) is 0 Å². The Labute approximate surface area is 138 Å². The van der Waals surface area contributed by atoms with Crippen molar-refractivity contribution < 1.29 is 14.3 Å². The van der Waals surface area contributed by atoms with E-state index in [1.54, 1.807) is 49.6 Å². The highest BCUT2D eigenvalue weighted by Gasteiger charge is 2.07. The molecule has 0 unspecified atom stereocenters. The molecule has 116 valence electrons. The van der Waals surface area contributed by atoms with Crippen molar-refractivity contribution in [1.82, 2.24) is 0 Å². The van der Waals surface area contributed by atoms with E-state index in [4.69, 9.17) is 32.7 Å². The summed E-state index contributed by atoms with van der Waals surface area (Å²) in [6.07, 6.45) is 0.203. The van der Waals surface area contributed by atoms with Crippen LogP contribution in [0, 0.1) is 0 Å². The van der Waals surface area contributed by atoms with Crippen LogP contribution in [-0.4, -0.2) is 19.6 Å².